The Labute approximate surface area is 179 Å². The molecule has 0 unspecified atom stereocenters. The van der Waals surface area contributed by atoms with Crippen LogP contribution in [0.3, 0.4) is 0 Å². The summed E-state index contributed by atoms with van der Waals surface area (Å²) in [5, 5.41) is 9.13. The fourth-order valence-electron chi connectivity index (χ4n) is 3.80. The van der Waals surface area contributed by atoms with E-state index in [0.29, 0.717) is 11.7 Å². The molecule has 6 heteroatoms. The fourth-order valence-corrected chi connectivity index (χ4v) is 4.54. The topological polar surface area (TPSA) is 39.1 Å². The van der Waals surface area contributed by atoms with Crippen molar-refractivity contribution in [1.29, 1.82) is 0 Å². The molecule has 0 aliphatic carbocycles. The van der Waals surface area contributed by atoms with E-state index in [-0.39, 0.29) is 5.54 Å². The predicted molar refractivity (Wildman–Crippen MR) is 116 cm³/mol. The second-order valence-electron chi connectivity index (χ2n) is 7.16. The number of aromatic nitrogens is 2. The summed E-state index contributed by atoms with van der Waals surface area (Å²) >= 11 is 10.3. The Hall–Kier alpha value is -1.66. The number of halogens is 2. The van der Waals surface area contributed by atoms with Crippen LogP contribution in [0, 0.1) is 6.92 Å². The van der Waals surface area contributed by atoms with Gasteiger partial charge in [0.2, 0.25) is 0 Å². The number of nitrogens with zero attached hydrogens (tertiary/aromatic N) is 2. The summed E-state index contributed by atoms with van der Waals surface area (Å²) in [6, 6.07) is 18.5. The third-order valence-corrected chi connectivity index (χ3v) is 6.33. The van der Waals surface area contributed by atoms with Gasteiger partial charge in [0.05, 0.1) is 11.4 Å². The molecule has 0 bridgehead atoms. The Morgan fingerprint density at radius 3 is 2.61 bits per heavy atom. The maximum absolute atomic E-state index is 6.73. The van der Waals surface area contributed by atoms with Crippen LogP contribution in [0.2, 0.25) is 5.15 Å². The summed E-state index contributed by atoms with van der Waals surface area (Å²) in [6.45, 7) is 4.16. The highest BCUT2D eigenvalue weighted by Gasteiger charge is 2.34. The van der Waals surface area contributed by atoms with Gasteiger partial charge in [0.1, 0.15) is 5.15 Å². The van der Waals surface area contributed by atoms with Crippen LogP contribution in [0.25, 0.3) is 5.69 Å². The van der Waals surface area contributed by atoms with Gasteiger partial charge in [0.25, 0.3) is 0 Å². The van der Waals surface area contributed by atoms with Crippen LogP contribution in [-0.4, -0.2) is 23.0 Å². The minimum absolute atomic E-state index is 0.132. The van der Waals surface area contributed by atoms with Gasteiger partial charge in [0, 0.05) is 35.3 Å². The molecule has 4 nitrogen and oxygen atoms in total. The molecule has 28 heavy (non-hydrogen) atoms. The summed E-state index contributed by atoms with van der Waals surface area (Å²) in [7, 11) is 0. The van der Waals surface area contributed by atoms with E-state index in [4.69, 9.17) is 16.3 Å². The van der Waals surface area contributed by atoms with Crippen molar-refractivity contribution in [2.45, 2.75) is 31.8 Å². The third-order valence-electron chi connectivity index (χ3n) is 5.45. The third kappa shape index (κ3) is 3.90. The van der Waals surface area contributed by atoms with Crippen molar-refractivity contribution in [3.63, 3.8) is 0 Å². The Kier molecular flexibility index (Phi) is 5.88. The molecule has 0 amide bonds. The van der Waals surface area contributed by atoms with E-state index < -0.39 is 0 Å². The van der Waals surface area contributed by atoms with E-state index in [1.54, 1.807) is 0 Å². The van der Waals surface area contributed by atoms with Crippen molar-refractivity contribution < 1.29 is 4.74 Å². The summed E-state index contributed by atoms with van der Waals surface area (Å²) in [6.07, 6.45) is 1.85. The normalized spacial score (nSPS) is 16.2. The first-order valence-corrected chi connectivity index (χ1v) is 10.6. The Balaban J connectivity index is 1.62. The van der Waals surface area contributed by atoms with E-state index >= 15 is 0 Å². The van der Waals surface area contributed by atoms with Gasteiger partial charge in [-0.2, -0.15) is 5.10 Å². The molecule has 0 atom stereocenters. The van der Waals surface area contributed by atoms with E-state index in [1.165, 1.54) is 5.56 Å². The number of aryl methyl sites for hydroxylation is 1. The van der Waals surface area contributed by atoms with Gasteiger partial charge in [-0.3, -0.25) is 0 Å². The van der Waals surface area contributed by atoms with Crippen molar-refractivity contribution >= 4 is 27.5 Å². The minimum atomic E-state index is -0.132. The average Bonchev–Trinajstić information content (AvgIpc) is 3.01. The lowest BCUT2D eigenvalue weighted by molar-refractivity contribution is 0.0357. The summed E-state index contributed by atoms with van der Waals surface area (Å²) in [5.74, 6) is 0. The van der Waals surface area contributed by atoms with Crippen LogP contribution < -0.4 is 5.32 Å². The second-order valence-corrected chi connectivity index (χ2v) is 8.43. The number of benzene rings is 2. The molecular formula is C22H23BrClN3O. The van der Waals surface area contributed by atoms with Crippen molar-refractivity contribution in [2.24, 2.45) is 0 Å². The zero-order valence-electron chi connectivity index (χ0n) is 15.8. The minimum Gasteiger partial charge on any atom is -0.381 e. The predicted octanol–water partition coefficient (Wildman–Crippen LogP) is 5.39. The quantitative estimate of drug-likeness (QED) is 0.555. The first-order valence-electron chi connectivity index (χ1n) is 9.47. The largest absolute Gasteiger partial charge is 0.381 e. The van der Waals surface area contributed by atoms with Gasteiger partial charge in [0.15, 0.2) is 0 Å². The van der Waals surface area contributed by atoms with Gasteiger partial charge >= 0.3 is 0 Å². The molecule has 1 fully saturated rings. The second kappa shape index (κ2) is 8.37. The number of rotatable bonds is 5. The number of ether oxygens (including phenoxy) is 1. The van der Waals surface area contributed by atoms with Gasteiger partial charge in [-0.1, -0.05) is 57.9 Å². The molecular weight excluding hydrogens is 438 g/mol. The highest BCUT2D eigenvalue weighted by Crippen LogP contribution is 2.34. The first kappa shape index (κ1) is 19.6. The van der Waals surface area contributed by atoms with E-state index in [1.807, 2.05) is 41.9 Å². The van der Waals surface area contributed by atoms with Gasteiger partial charge in [-0.05, 0) is 49.6 Å². The monoisotopic (exact) mass is 459 g/mol. The zero-order valence-corrected chi connectivity index (χ0v) is 18.1. The molecule has 146 valence electrons. The van der Waals surface area contributed by atoms with Crippen LogP contribution in [0.5, 0.6) is 0 Å². The highest BCUT2D eigenvalue weighted by molar-refractivity contribution is 9.10. The lowest BCUT2D eigenvalue weighted by atomic mass is 9.82. The van der Waals surface area contributed by atoms with Crippen LogP contribution in [0.15, 0.2) is 59.1 Å². The van der Waals surface area contributed by atoms with Crippen LogP contribution in [0.4, 0.5) is 0 Å². The molecule has 1 aliphatic heterocycles. The van der Waals surface area contributed by atoms with E-state index in [2.05, 4.69) is 50.6 Å². The summed E-state index contributed by atoms with van der Waals surface area (Å²) in [5.41, 5.74) is 4.08. The number of nitrogens with one attached hydrogen (secondary N) is 1. The standard InChI is InChI=1S/C22H23BrClN3O/c1-16-20(21(24)27(26-16)19-8-3-2-4-9-19)15-25-22(10-12-28-13-11-22)17-6-5-7-18(23)14-17/h2-9,14,25H,10-13,15H2,1H3. The van der Waals surface area contributed by atoms with Crippen molar-refractivity contribution in [3.05, 3.63) is 81.0 Å². The number of hydrogen-bond acceptors (Lipinski definition) is 3. The molecule has 3 aromatic rings. The summed E-state index contributed by atoms with van der Waals surface area (Å²) in [4.78, 5) is 0. The molecule has 0 radical (unpaired) electrons. The molecule has 4 rings (SSSR count). The maximum Gasteiger partial charge on any atom is 0.137 e. The highest BCUT2D eigenvalue weighted by atomic mass is 79.9. The Bertz CT molecular complexity index is 952. The summed E-state index contributed by atoms with van der Waals surface area (Å²) < 4.78 is 8.54. The molecule has 0 saturated carbocycles. The lowest BCUT2D eigenvalue weighted by Crippen LogP contribution is -2.46. The van der Waals surface area contributed by atoms with Crippen molar-refractivity contribution in [3.8, 4) is 5.69 Å². The fraction of sp³-hybridized carbons (Fsp3) is 0.318. The smallest absolute Gasteiger partial charge is 0.137 e. The van der Waals surface area contributed by atoms with E-state index in [0.717, 1.165) is 47.5 Å². The van der Waals surface area contributed by atoms with Gasteiger partial charge in [-0.15, -0.1) is 0 Å². The Morgan fingerprint density at radius 2 is 1.89 bits per heavy atom. The van der Waals surface area contributed by atoms with Crippen molar-refractivity contribution in [2.75, 3.05) is 13.2 Å². The average molecular weight is 461 g/mol. The molecule has 1 aromatic heterocycles. The maximum atomic E-state index is 6.73. The van der Waals surface area contributed by atoms with Crippen LogP contribution >= 0.6 is 27.5 Å². The SMILES string of the molecule is Cc1nn(-c2ccccc2)c(Cl)c1CNC1(c2cccc(Br)c2)CCOCC1. The zero-order chi connectivity index (χ0) is 19.6. The van der Waals surface area contributed by atoms with Gasteiger partial charge in [-0.25, -0.2) is 4.68 Å². The molecule has 1 saturated heterocycles. The molecule has 2 aromatic carbocycles. The van der Waals surface area contributed by atoms with Gasteiger partial charge < -0.3 is 10.1 Å². The Morgan fingerprint density at radius 1 is 1.14 bits per heavy atom. The molecule has 1 aliphatic rings. The van der Waals surface area contributed by atoms with E-state index in [9.17, 15) is 0 Å². The van der Waals surface area contributed by atoms with Crippen LogP contribution in [-0.2, 0) is 16.8 Å². The van der Waals surface area contributed by atoms with Crippen LogP contribution in [0.1, 0.15) is 29.7 Å². The molecule has 0 spiro atoms. The number of hydrogen-bond donors (Lipinski definition) is 1. The van der Waals surface area contributed by atoms with Crippen molar-refractivity contribution in [1.82, 2.24) is 15.1 Å². The molecule has 2 heterocycles. The molecule has 1 N–H and O–H groups in total. The first-order chi connectivity index (χ1) is 13.6. The lowest BCUT2D eigenvalue weighted by Gasteiger charge is -2.39. The number of para-hydroxylation sites is 1.